The number of nitrogens with zero attached hydrogens (tertiary/aromatic N) is 1. The number of rotatable bonds is 1. The number of fused-ring (bicyclic) bond motifs is 2. The van der Waals surface area contributed by atoms with Crippen molar-refractivity contribution in [3.05, 3.63) is 10.1 Å². The van der Waals surface area contributed by atoms with Crippen LogP contribution in [-0.2, 0) is 9.53 Å². The Morgan fingerprint density at radius 3 is 2.64 bits per heavy atom. The largest absolute Gasteiger partial charge is 0.462 e. The van der Waals surface area contributed by atoms with Gasteiger partial charge in [-0.3, -0.25) is 14.9 Å². The van der Waals surface area contributed by atoms with Crippen LogP contribution >= 0.6 is 0 Å². The molecule has 11 heavy (non-hydrogen) atoms. The minimum absolute atomic E-state index is 0.178. The van der Waals surface area contributed by atoms with Crippen molar-refractivity contribution in [3.8, 4) is 0 Å². The number of carbonyl (C=O) groups excluding carboxylic acids is 1. The molecule has 1 saturated carbocycles. The lowest BCUT2D eigenvalue weighted by Crippen LogP contribution is -2.33. The summed E-state index contributed by atoms with van der Waals surface area (Å²) in [5, 5.41) is 10.3. The van der Waals surface area contributed by atoms with Crippen LogP contribution in [0.15, 0.2) is 0 Å². The highest BCUT2D eigenvalue weighted by atomic mass is 16.6. The molecule has 5 nitrogen and oxygen atoms in total. The molecule has 2 rings (SSSR count). The summed E-state index contributed by atoms with van der Waals surface area (Å²) >= 11 is 0. The number of ether oxygens (including phenoxy) is 1. The Bertz CT molecular complexity index is 227. The van der Waals surface area contributed by atoms with Crippen LogP contribution in [0.2, 0.25) is 0 Å². The summed E-state index contributed by atoms with van der Waals surface area (Å²) in [7, 11) is 0. The molecule has 1 aliphatic heterocycles. The molecule has 0 spiro atoms. The topological polar surface area (TPSA) is 69.4 Å². The van der Waals surface area contributed by atoms with Crippen LogP contribution in [0.3, 0.4) is 0 Å². The van der Waals surface area contributed by atoms with Crippen LogP contribution in [0.25, 0.3) is 0 Å². The highest BCUT2D eigenvalue weighted by molar-refractivity contribution is 5.76. The van der Waals surface area contributed by atoms with Crippen LogP contribution in [0, 0.1) is 16.0 Å². The van der Waals surface area contributed by atoms with Gasteiger partial charge in [-0.15, -0.1) is 0 Å². The van der Waals surface area contributed by atoms with Crippen LogP contribution in [0.1, 0.15) is 12.8 Å². The maximum Gasteiger partial charge on any atom is 0.316 e. The summed E-state index contributed by atoms with van der Waals surface area (Å²) in [5.74, 6) is -0.849. The molecule has 2 bridgehead atoms. The van der Waals surface area contributed by atoms with E-state index in [4.69, 9.17) is 4.74 Å². The van der Waals surface area contributed by atoms with E-state index < -0.39 is 12.0 Å². The van der Waals surface area contributed by atoms with Gasteiger partial charge in [-0.2, -0.15) is 0 Å². The van der Waals surface area contributed by atoms with Crippen molar-refractivity contribution in [2.24, 2.45) is 5.92 Å². The number of nitro groups is 1. The second-order valence-electron chi connectivity index (χ2n) is 2.99. The Hall–Kier alpha value is -1.13. The second kappa shape index (κ2) is 1.93. The van der Waals surface area contributed by atoms with Gasteiger partial charge in [0.05, 0.1) is 6.42 Å². The molecule has 0 amide bonds. The van der Waals surface area contributed by atoms with E-state index in [0.29, 0.717) is 12.8 Å². The van der Waals surface area contributed by atoms with Crippen molar-refractivity contribution < 1.29 is 14.5 Å². The van der Waals surface area contributed by atoms with E-state index in [1.54, 1.807) is 0 Å². The fourth-order valence-corrected chi connectivity index (χ4v) is 1.80. The van der Waals surface area contributed by atoms with E-state index in [2.05, 4.69) is 0 Å². The fraction of sp³-hybridized carbons (Fsp3) is 0.833. The monoisotopic (exact) mass is 157 g/mol. The van der Waals surface area contributed by atoms with E-state index in [9.17, 15) is 14.9 Å². The van der Waals surface area contributed by atoms with Crippen LogP contribution in [-0.4, -0.2) is 23.0 Å². The molecule has 5 heteroatoms. The molecule has 0 radical (unpaired) electrons. The molecule has 60 valence electrons. The van der Waals surface area contributed by atoms with E-state index in [0.717, 1.165) is 0 Å². The standard InChI is InChI=1S/C6H7NO4/c8-6-4-1-3(11-6)2-5(4)7(9)10/h3-5H,1-2H2/t3-,4+,5+/m0/s1. The molecule has 0 N–H and O–H groups in total. The highest BCUT2D eigenvalue weighted by Gasteiger charge is 2.54. The molecule has 1 aliphatic carbocycles. The molecular weight excluding hydrogens is 150 g/mol. The Morgan fingerprint density at radius 1 is 1.55 bits per heavy atom. The lowest BCUT2D eigenvalue weighted by atomic mass is 10.1. The summed E-state index contributed by atoms with van der Waals surface area (Å²) in [4.78, 5) is 20.8. The smallest absolute Gasteiger partial charge is 0.316 e. The van der Waals surface area contributed by atoms with Crippen molar-refractivity contribution in [3.63, 3.8) is 0 Å². The van der Waals surface area contributed by atoms with Gasteiger partial charge in [-0.05, 0) is 0 Å². The zero-order valence-electron chi connectivity index (χ0n) is 5.73. The predicted octanol–water partition coefficient (Wildman–Crippen LogP) is -0.0329. The van der Waals surface area contributed by atoms with Gasteiger partial charge in [0.1, 0.15) is 12.0 Å². The summed E-state index contributed by atoms with van der Waals surface area (Å²) in [6, 6.07) is -0.679. The van der Waals surface area contributed by atoms with Crippen molar-refractivity contribution in [1.82, 2.24) is 0 Å². The fourth-order valence-electron chi connectivity index (χ4n) is 1.80. The van der Waals surface area contributed by atoms with E-state index in [-0.39, 0.29) is 17.0 Å². The molecular formula is C6H7NO4. The predicted molar refractivity (Wildman–Crippen MR) is 33.4 cm³/mol. The third-order valence-electron chi connectivity index (χ3n) is 2.34. The summed E-state index contributed by atoms with van der Waals surface area (Å²) in [5.41, 5.74) is 0. The summed E-state index contributed by atoms with van der Waals surface area (Å²) < 4.78 is 4.80. The van der Waals surface area contributed by atoms with Crippen LogP contribution in [0.5, 0.6) is 0 Å². The minimum Gasteiger partial charge on any atom is -0.462 e. The summed E-state index contributed by atoms with van der Waals surface area (Å²) in [6.45, 7) is 0. The molecule has 2 aliphatic rings. The first-order valence-corrected chi connectivity index (χ1v) is 3.52. The summed E-state index contributed by atoms with van der Waals surface area (Å²) in [6.07, 6.45) is 0.774. The first-order valence-electron chi connectivity index (χ1n) is 3.52. The first-order chi connectivity index (χ1) is 5.18. The van der Waals surface area contributed by atoms with Gasteiger partial charge in [-0.1, -0.05) is 0 Å². The lowest BCUT2D eigenvalue weighted by molar-refractivity contribution is -0.528. The Kier molecular flexibility index (Phi) is 1.15. The Balaban J connectivity index is 2.18. The van der Waals surface area contributed by atoms with E-state index in [1.165, 1.54) is 0 Å². The average molecular weight is 157 g/mol. The lowest BCUT2D eigenvalue weighted by Gasteiger charge is -2.13. The third-order valence-corrected chi connectivity index (χ3v) is 2.34. The van der Waals surface area contributed by atoms with Gasteiger partial charge in [-0.25, -0.2) is 0 Å². The second-order valence-corrected chi connectivity index (χ2v) is 2.99. The van der Waals surface area contributed by atoms with Crippen LogP contribution in [0.4, 0.5) is 0 Å². The molecule has 2 fully saturated rings. The quantitative estimate of drug-likeness (QED) is 0.304. The Labute approximate surface area is 62.5 Å². The molecule has 3 atom stereocenters. The Morgan fingerprint density at radius 2 is 2.27 bits per heavy atom. The average Bonchev–Trinajstić information content (AvgIpc) is 2.43. The molecule has 0 aromatic carbocycles. The molecule has 1 heterocycles. The van der Waals surface area contributed by atoms with Crippen LogP contribution < -0.4 is 0 Å². The highest BCUT2D eigenvalue weighted by Crippen LogP contribution is 2.37. The zero-order valence-corrected chi connectivity index (χ0v) is 5.73. The van der Waals surface area contributed by atoms with Gasteiger partial charge in [0.25, 0.3) is 0 Å². The number of hydrogen-bond donors (Lipinski definition) is 0. The van der Waals surface area contributed by atoms with Crippen molar-refractivity contribution >= 4 is 5.97 Å². The molecule has 0 aromatic heterocycles. The zero-order chi connectivity index (χ0) is 8.01. The van der Waals surface area contributed by atoms with Crippen molar-refractivity contribution in [2.45, 2.75) is 25.0 Å². The number of carbonyl (C=O) groups is 1. The molecule has 0 aromatic rings. The normalized spacial score (nSPS) is 40.7. The van der Waals surface area contributed by atoms with Crippen molar-refractivity contribution in [2.75, 3.05) is 0 Å². The van der Waals surface area contributed by atoms with Gasteiger partial charge in [0, 0.05) is 11.3 Å². The first kappa shape index (κ1) is 6.57. The SMILES string of the molecule is O=C1O[C@@H]2C[C@@H]([N+](=O)[O-])[C@H]1C2. The van der Waals surface area contributed by atoms with Gasteiger partial charge in [0.15, 0.2) is 0 Å². The molecule has 1 saturated heterocycles. The third kappa shape index (κ3) is 0.800. The maximum absolute atomic E-state index is 10.8. The minimum atomic E-state index is -0.679. The van der Waals surface area contributed by atoms with E-state index in [1.807, 2.05) is 0 Å². The van der Waals surface area contributed by atoms with Gasteiger partial charge in [0.2, 0.25) is 6.04 Å². The van der Waals surface area contributed by atoms with Crippen molar-refractivity contribution in [1.29, 1.82) is 0 Å². The number of hydrogen-bond acceptors (Lipinski definition) is 4. The molecule has 0 unspecified atom stereocenters. The van der Waals surface area contributed by atoms with Gasteiger partial charge >= 0.3 is 5.97 Å². The number of esters is 1. The van der Waals surface area contributed by atoms with Gasteiger partial charge < -0.3 is 4.74 Å². The van der Waals surface area contributed by atoms with E-state index >= 15 is 0 Å². The maximum atomic E-state index is 10.8.